The van der Waals surface area contributed by atoms with Gasteiger partial charge in [0.2, 0.25) is 0 Å². The average Bonchev–Trinajstić information content (AvgIpc) is 2.97. The summed E-state index contributed by atoms with van der Waals surface area (Å²) in [6, 6.07) is 6.02. The normalized spacial score (nSPS) is 13.2. The summed E-state index contributed by atoms with van der Waals surface area (Å²) in [5.41, 5.74) is 3.11. The number of carbonyl (C=O) groups excluding carboxylic acids is 1. The zero-order valence-electron chi connectivity index (χ0n) is 9.49. The molecule has 3 rings (SSSR count). The molecule has 0 fully saturated rings. The zero-order valence-corrected chi connectivity index (χ0v) is 9.49. The highest BCUT2D eigenvalue weighted by Crippen LogP contribution is 2.29. The van der Waals surface area contributed by atoms with Gasteiger partial charge in [-0.05, 0) is 23.8 Å². The van der Waals surface area contributed by atoms with Gasteiger partial charge in [-0.2, -0.15) is 0 Å². The molecule has 1 N–H and O–H groups in total. The number of rotatable bonds is 2. The SMILES string of the molecule is CC(=O)c1ncc(-c2ccc3c(c2)CCO3)[nH]1. The number of hydrogen-bond acceptors (Lipinski definition) is 3. The minimum atomic E-state index is -0.0549. The van der Waals surface area contributed by atoms with Crippen molar-refractivity contribution in [3.63, 3.8) is 0 Å². The number of H-pyrrole nitrogens is 1. The lowest BCUT2D eigenvalue weighted by molar-refractivity contribution is 0.100. The third kappa shape index (κ3) is 1.71. The minimum absolute atomic E-state index is 0.0549. The first-order valence-electron chi connectivity index (χ1n) is 5.56. The van der Waals surface area contributed by atoms with Crippen molar-refractivity contribution < 1.29 is 9.53 Å². The van der Waals surface area contributed by atoms with E-state index in [1.54, 1.807) is 6.20 Å². The van der Waals surface area contributed by atoms with E-state index in [2.05, 4.69) is 16.0 Å². The number of aromatic nitrogens is 2. The van der Waals surface area contributed by atoms with Crippen molar-refractivity contribution >= 4 is 5.78 Å². The maximum Gasteiger partial charge on any atom is 0.194 e. The summed E-state index contributed by atoms with van der Waals surface area (Å²) < 4.78 is 5.45. The summed E-state index contributed by atoms with van der Waals surface area (Å²) >= 11 is 0. The number of carbonyl (C=O) groups is 1. The van der Waals surface area contributed by atoms with E-state index in [1.165, 1.54) is 12.5 Å². The second-order valence-corrected chi connectivity index (χ2v) is 4.12. The van der Waals surface area contributed by atoms with Gasteiger partial charge < -0.3 is 9.72 Å². The van der Waals surface area contributed by atoms with Crippen LogP contribution in [0.15, 0.2) is 24.4 Å². The molecule has 1 aromatic heterocycles. The first-order valence-corrected chi connectivity index (χ1v) is 5.56. The van der Waals surface area contributed by atoms with Crippen LogP contribution in [0.4, 0.5) is 0 Å². The number of Topliss-reactive ketones (excluding diaryl/α,β-unsaturated/α-hetero) is 1. The fourth-order valence-corrected chi connectivity index (χ4v) is 2.00. The molecule has 2 heterocycles. The predicted molar refractivity (Wildman–Crippen MR) is 63.2 cm³/mol. The summed E-state index contributed by atoms with van der Waals surface area (Å²) in [6.07, 6.45) is 2.63. The van der Waals surface area contributed by atoms with Crippen molar-refractivity contribution in [2.24, 2.45) is 0 Å². The first kappa shape index (κ1) is 10.1. The van der Waals surface area contributed by atoms with Crippen LogP contribution in [0.5, 0.6) is 5.75 Å². The van der Waals surface area contributed by atoms with Gasteiger partial charge in [0, 0.05) is 18.9 Å². The van der Waals surface area contributed by atoms with Crippen molar-refractivity contribution in [3.05, 3.63) is 35.8 Å². The number of nitrogens with one attached hydrogen (secondary N) is 1. The molecule has 0 amide bonds. The Hall–Kier alpha value is -2.10. The van der Waals surface area contributed by atoms with Crippen LogP contribution in [0, 0.1) is 0 Å². The van der Waals surface area contributed by atoms with Gasteiger partial charge in [-0.3, -0.25) is 4.79 Å². The van der Waals surface area contributed by atoms with Crippen LogP contribution < -0.4 is 4.74 Å². The Morgan fingerprint density at radius 2 is 2.35 bits per heavy atom. The van der Waals surface area contributed by atoms with Crippen LogP contribution >= 0.6 is 0 Å². The molecule has 0 spiro atoms. The lowest BCUT2D eigenvalue weighted by Crippen LogP contribution is -1.94. The highest BCUT2D eigenvalue weighted by Gasteiger charge is 2.14. The van der Waals surface area contributed by atoms with Gasteiger partial charge in [0.25, 0.3) is 0 Å². The van der Waals surface area contributed by atoms with Crippen molar-refractivity contribution in [1.29, 1.82) is 0 Å². The summed E-state index contributed by atoms with van der Waals surface area (Å²) in [6.45, 7) is 2.25. The molecule has 0 unspecified atom stereocenters. The second kappa shape index (κ2) is 3.73. The molecule has 0 bridgehead atoms. The maximum absolute atomic E-state index is 11.2. The molecule has 0 saturated carbocycles. The number of hydrogen-bond donors (Lipinski definition) is 1. The van der Waals surface area contributed by atoms with Gasteiger partial charge in [0.15, 0.2) is 11.6 Å². The fraction of sp³-hybridized carbons (Fsp3) is 0.231. The summed E-state index contributed by atoms with van der Waals surface area (Å²) in [7, 11) is 0. The van der Waals surface area contributed by atoms with E-state index in [9.17, 15) is 4.79 Å². The molecule has 0 radical (unpaired) electrons. The Balaban J connectivity index is 2.00. The molecule has 1 aliphatic heterocycles. The van der Waals surface area contributed by atoms with E-state index in [0.29, 0.717) is 5.82 Å². The molecule has 86 valence electrons. The maximum atomic E-state index is 11.2. The molecule has 1 aliphatic rings. The molecule has 2 aromatic rings. The number of fused-ring (bicyclic) bond motifs is 1. The molecule has 4 heteroatoms. The van der Waals surface area contributed by atoms with E-state index in [4.69, 9.17) is 4.74 Å². The van der Waals surface area contributed by atoms with Gasteiger partial charge in [-0.15, -0.1) is 0 Å². The van der Waals surface area contributed by atoms with Crippen LogP contribution in [-0.4, -0.2) is 22.4 Å². The zero-order chi connectivity index (χ0) is 11.8. The molecule has 0 aliphatic carbocycles. The van der Waals surface area contributed by atoms with Gasteiger partial charge in [-0.1, -0.05) is 0 Å². The Morgan fingerprint density at radius 1 is 1.47 bits per heavy atom. The number of ketones is 1. The number of imidazole rings is 1. The minimum Gasteiger partial charge on any atom is -0.493 e. The standard InChI is InChI=1S/C13H12N2O2/c1-8(16)13-14-7-11(15-13)9-2-3-12-10(6-9)4-5-17-12/h2-3,6-7H,4-5H2,1H3,(H,14,15). The summed E-state index contributed by atoms with van der Waals surface area (Å²) in [5, 5.41) is 0. The molecular weight excluding hydrogens is 216 g/mol. The van der Waals surface area contributed by atoms with Crippen LogP contribution in [0.1, 0.15) is 23.1 Å². The molecule has 0 saturated heterocycles. The highest BCUT2D eigenvalue weighted by molar-refractivity contribution is 5.91. The number of benzene rings is 1. The molecule has 17 heavy (non-hydrogen) atoms. The monoisotopic (exact) mass is 228 g/mol. The van der Waals surface area contributed by atoms with Gasteiger partial charge in [0.05, 0.1) is 18.5 Å². The molecule has 4 nitrogen and oxygen atoms in total. The molecule has 1 aromatic carbocycles. The Labute approximate surface area is 98.6 Å². The van der Waals surface area contributed by atoms with Gasteiger partial charge in [0.1, 0.15) is 5.75 Å². The Morgan fingerprint density at radius 3 is 3.12 bits per heavy atom. The average molecular weight is 228 g/mol. The lowest BCUT2D eigenvalue weighted by Gasteiger charge is -2.01. The van der Waals surface area contributed by atoms with Crippen LogP contribution in [0.2, 0.25) is 0 Å². The van der Waals surface area contributed by atoms with Crippen molar-refractivity contribution in [2.45, 2.75) is 13.3 Å². The number of nitrogens with zero attached hydrogens (tertiary/aromatic N) is 1. The Bertz CT molecular complexity index is 587. The van der Waals surface area contributed by atoms with E-state index in [-0.39, 0.29) is 5.78 Å². The Kier molecular flexibility index (Phi) is 2.21. The first-order chi connectivity index (χ1) is 8.24. The largest absolute Gasteiger partial charge is 0.493 e. The van der Waals surface area contributed by atoms with Crippen molar-refractivity contribution in [1.82, 2.24) is 9.97 Å². The van der Waals surface area contributed by atoms with E-state index in [1.807, 2.05) is 12.1 Å². The predicted octanol–water partition coefficient (Wildman–Crippen LogP) is 2.21. The third-order valence-corrected chi connectivity index (χ3v) is 2.91. The second-order valence-electron chi connectivity index (χ2n) is 4.12. The number of aromatic amines is 1. The topological polar surface area (TPSA) is 55.0 Å². The summed E-state index contributed by atoms with van der Waals surface area (Å²) in [5.74, 6) is 1.30. The molecule has 0 atom stereocenters. The van der Waals surface area contributed by atoms with E-state index >= 15 is 0 Å². The van der Waals surface area contributed by atoms with E-state index < -0.39 is 0 Å². The third-order valence-electron chi connectivity index (χ3n) is 2.91. The van der Waals surface area contributed by atoms with E-state index in [0.717, 1.165) is 30.0 Å². The van der Waals surface area contributed by atoms with Crippen LogP contribution in [0.3, 0.4) is 0 Å². The quantitative estimate of drug-likeness (QED) is 0.802. The summed E-state index contributed by atoms with van der Waals surface area (Å²) in [4.78, 5) is 18.2. The van der Waals surface area contributed by atoms with Gasteiger partial charge in [-0.25, -0.2) is 4.98 Å². The highest BCUT2D eigenvalue weighted by atomic mass is 16.5. The van der Waals surface area contributed by atoms with Crippen molar-refractivity contribution in [3.8, 4) is 17.0 Å². The van der Waals surface area contributed by atoms with Crippen LogP contribution in [-0.2, 0) is 6.42 Å². The fourth-order valence-electron chi connectivity index (χ4n) is 2.00. The lowest BCUT2D eigenvalue weighted by atomic mass is 10.1. The van der Waals surface area contributed by atoms with Gasteiger partial charge >= 0.3 is 0 Å². The molecular formula is C13H12N2O2. The van der Waals surface area contributed by atoms with Crippen molar-refractivity contribution in [2.75, 3.05) is 6.61 Å². The number of ether oxygens (including phenoxy) is 1. The smallest absolute Gasteiger partial charge is 0.194 e. The van der Waals surface area contributed by atoms with Crippen LogP contribution in [0.25, 0.3) is 11.3 Å².